The molecule has 0 aliphatic heterocycles. The average molecular weight is 375 g/mol. The minimum Gasteiger partial charge on any atom is -0.495 e. The van der Waals surface area contributed by atoms with Gasteiger partial charge in [0.05, 0.1) is 12.8 Å². The van der Waals surface area contributed by atoms with Crippen molar-refractivity contribution in [2.45, 2.75) is 4.90 Å². The third-order valence-corrected chi connectivity index (χ3v) is 4.70. The first-order valence-electron chi connectivity index (χ1n) is 5.75. The number of sulfonamides is 1. The van der Waals surface area contributed by atoms with E-state index < -0.39 is 15.8 Å². The van der Waals surface area contributed by atoms with Crippen molar-refractivity contribution in [2.24, 2.45) is 0 Å². The van der Waals surface area contributed by atoms with Crippen LogP contribution in [0, 0.1) is 5.82 Å². The Morgan fingerprint density at radius 1 is 1.24 bits per heavy atom. The molecule has 0 aromatic heterocycles. The summed E-state index contributed by atoms with van der Waals surface area (Å²) in [4.78, 5) is -0.0961. The second kappa shape index (κ2) is 5.90. The standard InChI is InChI=1S/C13H12BrFN2O3S/c1-20-12-5-3-9(16)7-13(12)21(18,19)17-11-4-2-8(15)6-10(11)14/h2-7,17H,16H2,1H3. The average Bonchev–Trinajstić information content (AvgIpc) is 2.42. The number of nitrogen functional groups attached to an aromatic ring is 1. The molecule has 0 fully saturated rings. The van der Waals surface area contributed by atoms with E-state index in [4.69, 9.17) is 10.5 Å². The largest absolute Gasteiger partial charge is 0.495 e. The number of methoxy groups -OCH3 is 1. The number of anilines is 2. The number of benzene rings is 2. The van der Waals surface area contributed by atoms with Gasteiger partial charge in [0.1, 0.15) is 16.5 Å². The molecule has 8 heteroatoms. The van der Waals surface area contributed by atoms with Crippen molar-refractivity contribution < 1.29 is 17.5 Å². The summed E-state index contributed by atoms with van der Waals surface area (Å²) in [5, 5.41) is 0. The highest BCUT2D eigenvalue weighted by Crippen LogP contribution is 2.30. The number of halogens is 2. The Morgan fingerprint density at radius 3 is 2.57 bits per heavy atom. The van der Waals surface area contributed by atoms with Crippen LogP contribution in [0.5, 0.6) is 5.75 Å². The molecule has 0 bridgehead atoms. The lowest BCUT2D eigenvalue weighted by Gasteiger charge is -2.13. The highest BCUT2D eigenvalue weighted by atomic mass is 79.9. The Hall–Kier alpha value is -1.80. The van der Waals surface area contributed by atoms with Crippen LogP contribution in [0.25, 0.3) is 0 Å². The van der Waals surface area contributed by atoms with Crippen molar-refractivity contribution in [3.8, 4) is 5.75 Å². The minimum atomic E-state index is -3.92. The maximum Gasteiger partial charge on any atom is 0.265 e. The van der Waals surface area contributed by atoms with Gasteiger partial charge in [0.25, 0.3) is 10.0 Å². The van der Waals surface area contributed by atoms with Gasteiger partial charge in [0.15, 0.2) is 0 Å². The van der Waals surface area contributed by atoms with Gasteiger partial charge in [-0.1, -0.05) is 0 Å². The summed E-state index contributed by atoms with van der Waals surface area (Å²) in [6.07, 6.45) is 0. The number of hydrogen-bond donors (Lipinski definition) is 2. The zero-order valence-electron chi connectivity index (χ0n) is 10.9. The summed E-state index contributed by atoms with van der Waals surface area (Å²) in [6, 6.07) is 7.91. The number of nitrogens with two attached hydrogens (primary N) is 1. The van der Waals surface area contributed by atoms with Gasteiger partial charge in [0.2, 0.25) is 0 Å². The topological polar surface area (TPSA) is 81.4 Å². The molecule has 2 aromatic carbocycles. The van der Waals surface area contributed by atoms with Crippen molar-refractivity contribution in [3.63, 3.8) is 0 Å². The Bertz CT molecular complexity index is 781. The quantitative estimate of drug-likeness (QED) is 0.806. The molecule has 0 saturated carbocycles. The molecule has 2 aromatic rings. The molecule has 5 nitrogen and oxygen atoms in total. The zero-order valence-corrected chi connectivity index (χ0v) is 13.3. The van der Waals surface area contributed by atoms with Crippen molar-refractivity contribution in [1.82, 2.24) is 0 Å². The van der Waals surface area contributed by atoms with Gasteiger partial charge in [-0.2, -0.15) is 0 Å². The summed E-state index contributed by atoms with van der Waals surface area (Å²) in [5.74, 6) is -0.318. The molecule has 0 heterocycles. The molecule has 0 amide bonds. The van der Waals surface area contributed by atoms with Crippen LogP contribution in [0.15, 0.2) is 45.8 Å². The molecule has 21 heavy (non-hydrogen) atoms. The molecule has 0 radical (unpaired) electrons. The van der Waals surface area contributed by atoms with Gasteiger partial charge in [-0.25, -0.2) is 12.8 Å². The molecule has 0 saturated heterocycles. The van der Waals surface area contributed by atoms with Crippen molar-refractivity contribution in [3.05, 3.63) is 46.7 Å². The lowest BCUT2D eigenvalue weighted by Crippen LogP contribution is -2.15. The Kier molecular flexibility index (Phi) is 4.38. The Labute approximate surface area is 130 Å². The number of ether oxygens (including phenoxy) is 1. The minimum absolute atomic E-state index is 0.0961. The van der Waals surface area contributed by atoms with E-state index in [0.717, 1.165) is 12.1 Å². The van der Waals surface area contributed by atoms with Gasteiger partial charge in [-0.05, 0) is 52.3 Å². The summed E-state index contributed by atoms with van der Waals surface area (Å²) < 4.78 is 45.5. The molecule has 3 N–H and O–H groups in total. The predicted molar refractivity (Wildman–Crippen MR) is 82.3 cm³/mol. The van der Waals surface area contributed by atoms with Crippen molar-refractivity contribution >= 4 is 37.3 Å². The lowest BCUT2D eigenvalue weighted by atomic mass is 10.3. The second-order valence-electron chi connectivity index (χ2n) is 4.14. The molecule has 112 valence electrons. The van der Waals surface area contributed by atoms with Crippen LogP contribution >= 0.6 is 15.9 Å². The summed E-state index contributed by atoms with van der Waals surface area (Å²) in [6.45, 7) is 0. The first kappa shape index (κ1) is 15.6. The van der Waals surface area contributed by atoms with E-state index in [1.165, 1.54) is 31.4 Å². The molecule has 0 unspecified atom stereocenters. The second-order valence-corrected chi connectivity index (χ2v) is 6.65. The third kappa shape index (κ3) is 3.45. The van der Waals surface area contributed by atoms with Gasteiger partial charge in [0, 0.05) is 10.2 Å². The highest BCUT2D eigenvalue weighted by Gasteiger charge is 2.21. The molecule has 2 rings (SSSR count). The van der Waals surface area contributed by atoms with Crippen LogP contribution in [-0.2, 0) is 10.0 Å². The Balaban J connectivity index is 2.45. The van der Waals surface area contributed by atoms with E-state index in [1.54, 1.807) is 0 Å². The maximum absolute atomic E-state index is 13.0. The van der Waals surface area contributed by atoms with Gasteiger partial charge >= 0.3 is 0 Å². The van der Waals surface area contributed by atoms with Crippen LogP contribution in [0.3, 0.4) is 0 Å². The number of rotatable bonds is 4. The third-order valence-electron chi connectivity index (χ3n) is 2.65. The number of nitrogens with one attached hydrogen (secondary N) is 1. The SMILES string of the molecule is COc1ccc(N)cc1S(=O)(=O)Nc1ccc(F)cc1Br. The fourth-order valence-electron chi connectivity index (χ4n) is 1.68. The van der Waals surface area contributed by atoms with E-state index >= 15 is 0 Å². The molecular weight excluding hydrogens is 363 g/mol. The smallest absolute Gasteiger partial charge is 0.265 e. The van der Waals surface area contributed by atoms with Crippen LogP contribution in [-0.4, -0.2) is 15.5 Å². The van der Waals surface area contributed by atoms with E-state index in [1.807, 2.05) is 0 Å². The summed E-state index contributed by atoms with van der Waals surface area (Å²) in [5.41, 5.74) is 6.11. The van der Waals surface area contributed by atoms with Crippen molar-refractivity contribution in [1.29, 1.82) is 0 Å². The molecule has 0 spiro atoms. The lowest BCUT2D eigenvalue weighted by molar-refractivity contribution is 0.403. The first-order chi connectivity index (χ1) is 9.83. The van der Waals surface area contributed by atoms with Crippen LogP contribution in [0.2, 0.25) is 0 Å². The van der Waals surface area contributed by atoms with E-state index in [0.29, 0.717) is 0 Å². The molecule has 0 aliphatic rings. The zero-order chi connectivity index (χ0) is 15.6. The van der Waals surface area contributed by atoms with E-state index in [9.17, 15) is 12.8 Å². The monoisotopic (exact) mass is 374 g/mol. The first-order valence-corrected chi connectivity index (χ1v) is 8.02. The predicted octanol–water partition coefficient (Wildman–Crippen LogP) is 2.98. The summed E-state index contributed by atoms with van der Waals surface area (Å²) in [7, 11) is -2.56. The fraction of sp³-hybridized carbons (Fsp3) is 0.0769. The molecule has 0 atom stereocenters. The fourth-order valence-corrected chi connectivity index (χ4v) is 3.54. The summed E-state index contributed by atoms with van der Waals surface area (Å²) >= 11 is 3.10. The van der Waals surface area contributed by atoms with Crippen LogP contribution < -0.4 is 15.2 Å². The molecular formula is C13H12BrFN2O3S. The van der Waals surface area contributed by atoms with E-state index in [2.05, 4.69) is 20.7 Å². The van der Waals surface area contributed by atoms with Gasteiger partial charge in [-0.3, -0.25) is 4.72 Å². The Morgan fingerprint density at radius 2 is 1.95 bits per heavy atom. The van der Waals surface area contributed by atoms with Crippen molar-refractivity contribution in [2.75, 3.05) is 17.6 Å². The highest BCUT2D eigenvalue weighted by molar-refractivity contribution is 9.10. The molecule has 0 aliphatic carbocycles. The van der Waals surface area contributed by atoms with Gasteiger partial charge < -0.3 is 10.5 Å². The number of hydrogen-bond acceptors (Lipinski definition) is 4. The van der Waals surface area contributed by atoms with Gasteiger partial charge in [-0.15, -0.1) is 0 Å². The van der Waals surface area contributed by atoms with Crippen LogP contribution in [0.1, 0.15) is 0 Å². The maximum atomic E-state index is 13.0. The van der Waals surface area contributed by atoms with Crippen LogP contribution in [0.4, 0.5) is 15.8 Å². The van der Waals surface area contributed by atoms with E-state index in [-0.39, 0.29) is 26.5 Å². The normalized spacial score (nSPS) is 11.2.